The van der Waals surface area contributed by atoms with Crippen molar-refractivity contribution >= 4 is 17.7 Å². The first kappa shape index (κ1) is 21.6. The molecule has 3 N–H and O–H groups in total. The van der Waals surface area contributed by atoms with Crippen molar-refractivity contribution in [1.29, 1.82) is 0 Å². The van der Waals surface area contributed by atoms with Crippen molar-refractivity contribution < 1.29 is 14.3 Å². The van der Waals surface area contributed by atoms with Crippen molar-refractivity contribution in [2.75, 3.05) is 12.3 Å². The Kier molecular flexibility index (Phi) is 5.50. The van der Waals surface area contributed by atoms with Crippen LogP contribution in [0.2, 0.25) is 0 Å². The van der Waals surface area contributed by atoms with Gasteiger partial charge in [-0.15, -0.1) is 0 Å². The first-order valence-corrected chi connectivity index (χ1v) is 10.6. The van der Waals surface area contributed by atoms with Crippen LogP contribution in [0.5, 0.6) is 0 Å². The van der Waals surface area contributed by atoms with Gasteiger partial charge in [0, 0.05) is 29.4 Å². The topological polar surface area (TPSA) is 101 Å². The van der Waals surface area contributed by atoms with Crippen LogP contribution >= 0.6 is 0 Å². The number of aromatic amines is 1. The SMILES string of the molecule is Cc1ccc(Cc2c(-c3ccnc(N)c3)[nH]c3c2C(=O)CN(C(=O)OC(C)(C)C)C3)cc1. The molecule has 0 spiro atoms. The Balaban J connectivity index is 1.76. The van der Waals surface area contributed by atoms with Crippen LogP contribution in [0.15, 0.2) is 42.6 Å². The number of ether oxygens (including phenoxy) is 1. The van der Waals surface area contributed by atoms with E-state index in [4.69, 9.17) is 10.5 Å². The zero-order valence-electron chi connectivity index (χ0n) is 18.9. The van der Waals surface area contributed by atoms with Gasteiger partial charge < -0.3 is 15.5 Å². The van der Waals surface area contributed by atoms with Crippen LogP contribution in [0.4, 0.5) is 10.6 Å². The molecule has 1 aliphatic heterocycles. The molecule has 4 rings (SSSR count). The molecular formula is C25H28N4O3. The Morgan fingerprint density at radius 3 is 2.56 bits per heavy atom. The monoisotopic (exact) mass is 432 g/mol. The van der Waals surface area contributed by atoms with Gasteiger partial charge in [0.1, 0.15) is 11.4 Å². The van der Waals surface area contributed by atoms with E-state index in [1.165, 1.54) is 10.5 Å². The summed E-state index contributed by atoms with van der Waals surface area (Å²) in [5.41, 5.74) is 11.5. The fraction of sp³-hybridized carbons (Fsp3) is 0.320. The number of aryl methyl sites for hydroxylation is 1. The number of aromatic nitrogens is 2. The smallest absolute Gasteiger partial charge is 0.411 e. The summed E-state index contributed by atoms with van der Waals surface area (Å²) in [7, 11) is 0. The zero-order valence-corrected chi connectivity index (χ0v) is 18.9. The predicted molar refractivity (Wildman–Crippen MR) is 123 cm³/mol. The van der Waals surface area contributed by atoms with E-state index in [1.807, 2.05) is 33.8 Å². The lowest BCUT2D eigenvalue weighted by Gasteiger charge is -2.29. The average Bonchev–Trinajstić information content (AvgIpc) is 3.07. The summed E-state index contributed by atoms with van der Waals surface area (Å²) < 4.78 is 5.48. The molecular weight excluding hydrogens is 404 g/mol. The molecule has 3 aromatic rings. The van der Waals surface area contributed by atoms with Gasteiger partial charge in [-0.2, -0.15) is 0 Å². The number of pyridine rings is 1. The van der Waals surface area contributed by atoms with E-state index in [0.717, 1.165) is 22.4 Å². The lowest BCUT2D eigenvalue weighted by Crippen LogP contribution is -2.42. The van der Waals surface area contributed by atoms with Crippen LogP contribution < -0.4 is 5.73 Å². The van der Waals surface area contributed by atoms with Gasteiger partial charge in [0.2, 0.25) is 0 Å². The highest BCUT2D eigenvalue weighted by atomic mass is 16.6. The third-order valence-electron chi connectivity index (χ3n) is 5.37. The number of fused-ring (bicyclic) bond motifs is 1. The minimum absolute atomic E-state index is 0.0153. The Morgan fingerprint density at radius 1 is 1.19 bits per heavy atom. The third-order valence-corrected chi connectivity index (χ3v) is 5.37. The number of benzene rings is 1. The number of carbonyl (C=O) groups is 2. The Bertz CT molecular complexity index is 1170. The Morgan fingerprint density at radius 2 is 1.91 bits per heavy atom. The number of nitrogens with one attached hydrogen (secondary N) is 1. The summed E-state index contributed by atoms with van der Waals surface area (Å²) in [6.07, 6.45) is 1.73. The van der Waals surface area contributed by atoms with E-state index in [2.05, 4.69) is 34.2 Å². The number of nitrogens with zero attached hydrogens (tertiary/aromatic N) is 2. The van der Waals surface area contributed by atoms with Gasteiger partial charge in [-0.25, -0.2) is 9.78 Å². The van der Waals surface area contributed by atoms with Crippen LogP contribution in [0, 0.1) is 6.92 Å². The molecule has 1 amide bonds. The van der Waals surface area contributed by atoms with Crippen LogP contribution in [-0.2, 0) is 17.7 Å². The largest absolute Gasteiger partial charge is 0.444 e. The molecule has 1 aromatic carbocycles. The minimum Gasteiger partial charge on any atom is -0.444 e. The number of Topliss-reactive ketones (excluding diaryl/α,β-unsaturated/α-hetero) is 1. The first-order valence-electron chi connectivity index (χ1n) is 10.6. The normalized spacial score (nSPS) is 13.8. The molecule has 0 atom stereocenters. The molecule has 0 radical (unpaired) electrons. The lowest BCUT2D eigenvalue weighted by molar-refractivity contribution is 0.0218. The molecule has 0 saturated heterocycles. The maximum absolute atomic E-state index is 13.2. The van der Waals surface area contributed by atoms with Gasteiger partial charge in [-0.1, -0.05) is 29.8 Å². The number of nitrogen functional groups attached to an aromatic ring is 1. The van der Waals surface area contributed by atoms with E-state index in [0.29, 0.717) is 23.5 Å². The molecule has 0 saturated carbocycles. The lowest BCUT2D eigenvalue weighted by atomic mass is 9.93. The molecule has 0 bridgehead atoms. The molecule has 0 unspecified atom stereocenters. The fourth-order valence-corrected chi connectivity index (χ4v) is 3.94. The number of hydrogen-bond donors (Lipinski definition) is 2. The van der Waals surface area contributed by atoms with Gasteiger partial charge in [-0.05, 0) is 51.0 Å². The number of ketones is 1. The maximum atomic E-state index is 13.2. The van der Waals surface area contributed by atoms with Crippen LogP contribution in [-0.4, -0.2) is 38.9 Å². The number of H-pyrrole nitrogens is 1. The van der Waals surface area contributed by atoms with Crippen molar-refractivity contribution in [3.8, 4) is 11.3 Å². The molecule has 2 aromatic heterocycles. The van der Waals surface area contributed by atoms with Gasteiger partial charge in [0.05, 0.1) is 18.8 Å². The quantitative estimate of drug-likeness (QED) is 0.635. The number of anilines is 1. The second-order valence-electron chi connectivity index (χ2n) is 9.22. The van der Waals surface area contributed by atoms with Gasteiger partial charge in [-0.3, -0.25) is 9.69 Å². The van der Waals surface area contributed by atoms with Crippen LogP contribution in [0.25, 0.3) is 11.3 Å². The van der Waals surface area contributed by atoms with Gasteiger partial charge in [0.15, 0.2) is 5.78 Å². The molecule has 3 heterocycles. The van der Waals surface area contributed by atoms with Crippen LogP contribution in [0.3, 0.4) is 0 Å². The second-order valence-corrected chi connectivity index (χ2v) is 9.22. The molecule has 166 valence electrons. The van der Waals surface area contributed by atoms with Crippen molar-refractivity contribution in [3.63, 3.8) is 0 Å². The summed E-state index contributed by atoms with van der Waals surface area (Å²) in [5.74, 6) is 0.293. The van der Waals surface area contributed by atoms with Gasteiger partial charge >= 0.3 is 6.09 Å². The third kappa shape index (κ3) is 4.51. The highest BCUT2D eigenvalue weighted by Crippen LogP contribution is 2.34. The van der Waals surface area contributed by atoms with Crippen molar-refractivity contribution in [3.05, 3.63) is 70.5 Å². The van der Waals surface area contributed by atoms with E-state index in [9.17, 15) is 9.59 Å². The number of rotatable bonds is 3. The number of carbonyl (C=O) groups excluding carboxylic acids is 2. The van der Waals surface area contributed by atoms with E-state index in [1.54, 1.807) is 12.3 Å². The Hall–Kier alpha value is -3.61. The molecule has 7 heteroatoms. The first-order chi connectivity index (χ1) is 15.1. The minimum atomic E-state index is -0.632. The predicted octanol–water partition coefficient (Wildman–Crippen LogP) is 4.49. The molecule has 0 fully saturated rings. The summed E-state index contributed by atoms with van der Waals surface area (Å²) in [5, 5.41) is 0. The molecule has 0 aliphatic carbocycles. The van der Waals surface area contributed by atoms with Gasteiger partial charge in [0.25, 0.3) is 0 Å². The zero-order chi connectivity index (χ0) is 23.0. The highest BCUT2D eigenvalue weighted by molar-refractivity contribution is 6.04. The summed E-state index contributed by atoms with van der Waals surface area (Å²) in [4.78, 5) is 34.8. The molecule has 32 heavy (non-hydrogen) atoms. The van der Waals surface area contributed by atoms with E-state index < -0.39 is 11.7 Å². The fourth-order valence-electron chi connectivity index (χ4n) is 3.94. The summed E-state index contributed by atoms with van der Waals surface area (Å²) >= 11 is 0. The average molecular weight is 433 g/mol. The van der Waals surface area contributed by atoms with E-state index in [-0.39, 0.29) is 18.9 Å². The number of amides is 1. The standard InChI is InChI=1S/C25H28N4O3/c1-15-5-7-16(8-6-15)11-18-22-19(28-23(18)17-9-10-27-21(26)12-17)13-29(14-20(22)30)24(31)32-25(2,3)4/h5-10,12,28H,11,13-14H2,1-4H3,(H2,26,27). The number of nitrogens with two attached hydrogens (primary N) is 1. The maximum Gasteiger partial charge on any atom is 0.411 e. The Labute approximate surface area is 187 Å². The van der Waals surface area contributed by atoms with Crippen molar-refractivity contribution in [2.24, 2.45) is 0 Å². The highest BCUT2D eigenvalue weighted by Gasteiger charge is 2.34. The number of hydrogen-bond acceptors (Lipinski definition) is 5. The summed E-state index contributed by atoms with van der Waals surface area (Å²) in [6.45, 7) is 7.73. The molecule has 7 nitrogen and oxygen atoms in total. The second kappa shape index (κ2) is 8.15. The van der Waals surface area contributed by atoms with Crippen molar-refractivity contribution in [1.82, 2.24) is 14.9 Å². The summed E-state index contributed by atoms with van der Waals surface area (Å²) in [6, 6.07) is 11.9. The van der Waals surface area contributed by atoms with Crippen LogP contribution in [0.1, 0.15) is 53.5 Å². The van der Waals surface area contributed by atoms with Crippen molar-refractivity contribution in [2.45, 2.75) is 46.3 Å². The molecule has 1 aliphatic rings. The van der Waals surface area contributed by atoms with E-state index >= 15 is 0 Å².